The molecule has 3 rings (SSSR count). The Balaban J connectivity index is 2.14. The van der Waals surface area contributed by atoms with Crippen molar-refractivity contribution in [1.82, 2.24) is 14.9 Å². The van der Waals surface area contributed by atoms with E-state index in [2.05, 4.69) is 10.3 Å². The predicted molar refractivity (Wildman–Crippen MR) is 115 cm³/mol. The van der Waals surface area contributed by atoms with Crippen LogP contribution in [0.2, 0.25) is 0 Å². The third-order valence-electron chi connectivity index (χ3n) is 4.67. The molecule has 0 radical (unpaired) electrons. The molecule has 0 bridgehead atoms. The average molecular weight is 483 g/mol. The molecule has 3 aromatic rings. The molecule has 0 saturated carbocycles. The molecule has 0 aliphatic rings. The first-order valence-corrected chi connectivity index (χ1v) is 10.3. The second-order valence-electron chi connectivity index (χ2n) is 8.43. The first-order valence-electron chi connectivity index (χ1n) is 10.3. The largest absolute Gasteiger partial charge is 0.444 e. The van der Waals surface area contributed by atoms with E-state index in [1.54, 1.807) is 20.8 Å². The standard InChI is InChI=1S/C23H22F5N3O3/c1-23(2,3)34-22(33)29-8-7-17-30-16-6-4-5-15(20(27)28)18(16)21(32)31(17)14-10-12(19(25)26)9-13(24)11-14/h4-6,9-11,19-20H,7-8H2,1-3H3,(H,29,33). The summed E-state index contributed by atoms with van der Waals surface area (Å²) in [5.74, 6) is -1.09. The van der Waals surface area contributed by atoms with Crippen LogP contribution in [-0.4, -0.2) is 27.8 Å². The monoisotopic (exact) mass is 483 g/mol. The van der Waals surface area contributed by atoms with Crippen molar-refractivity contribution in [2.45, 2.75) is 45.6 Å². The number of carbonyl (C=O) groups is 1. The molecule has 0 aliphatic heterocycles. The van der Waals surface area contributed by atoms with Crippen molar-refractivity contribution in [3.8, 4) is 5.69 Å². The summed E-state index contributed by atoms with van der Waals surface area (Å²) in [6, 6.07) is 6.05. The Morgan fingerprint density at radius 3 is 2.44 bits per heavy atom. The van der Waals surface area contributed by atoms with E-state index in [9.17, 15) is 31.5 Å². The van der Waals surface area contributed by atoms with Crippen LogP contribution >= 0.6 is 0 Å². The number of benzene rings is 2. The van der Waals surface area contributed by atoms with Gasteiger partial charge in [-0.05, 0) is 45.0 Å². The predicted octanol–water partition coefficient (Wildman–Crippen LogP) is 5.47. The molecule has 1 N–H and O–H groups in total. The van der Waals surface area contributed by atoms with E-state index in [1.807, 2.05) is 0 Å². The van der Waals surface area contributed by atoms with Crippen LogP contribution in [0.4, 0.5) is 26.7 Å². The van der Waals surface area contributed by atoms with E-state index in [-0.39, 0.29) is 30.0 Å². The molecular weight excluding hydrogens is 461 g/mol. The number of fused-ring (bicyclic) bond motifs is 1. The number of amides is 1. The van der Waals surface area contributed by atoms with Crippen molar-refractivity contribution < 1.29 is 31.5 Å². The summed E-state index contributed by atoms with van der Waals surface area (Å²) < 4.78 is 73.7. The number of hydrogen-bond acceptors (Lipinski definition) is 4. The highest BCUT2D eigenvalue weighted by atomic mass is 19.3. The van der Waals surface area contributed by atoms with Crippen molar-refractivity contribution in [3.63, 3.8) is 0 Å². The molecule has 1 heterocycles. The van der Waals surface area contributed by atoms with E-state index in [0.29, 0.717) is 6.07 Å². The lowest BCUT2D eigenvalue weighted by atomic mass is 10.1. The molecule has 182 valence electrons. The van der Waals surface area contributed by atoms with E-state index < -0.39 is 52.4 Å². The summed E-state index contributed by atoms with van der Waals surface area (Å²) in [5.41, 5.74) is -3.36. The van der Waals surface area contributed by atoms with Gasteiger partial charge in [0.2, 0.25) is 0 Å². The van der Waals surface area contributed by atoms with Gasteiger partial charge in [-0.15, -0.1) is 0 Å². The number of rotatable bonds is 6. The second-order valence-corrected chi connectivity index (χ2v) is 8.43. The van der Waals surface area contributed by atoms with Crippen molar-refractivity contribution in [2.75, 3.05) is 6.54 Å². The Labute approximate surface area is 191 Å². The molecule has 0 fully saturated rings. The van der Waals surface area contributed by atoms with Gasteiger partial charge < -0.3 is 10.1 Å². The van der Waals surface area contributed by atoms with E-state index in [4.69, 9.17) is 4.74 Å². The van der Waals surface area contributed by atoms with Crippen molar-refractivity contribution in [3.05, 3.63) is 69.5 Å². The lowest BCUT2D eigenvalue weighted by molar-refractivity contribution is 0.0528. The highest BCUT2D eigenvalue weighted by Crippen LogP contribution is 2.27. The number of alkyl halides is 4. The summed E-state index contributed by atoms with van der Waals surface area (Å²) in [7, 11) is 0. The Bertz CT molecular complexity index is 1270. The number of alkyl carbamates (subject to hydrolysis) is 1. The molecule has 11 heteroatoms. The van der Waals surface area contributed by atoms with Crippen LogP contribution < -0.4 is 10.9 Å². The van der Waals surface area contributed by atoms with Gasteiger partial charge in [-0.2, -0.15) is 0 Å². The molecule has 34 heavy (non-hydrogen) atoms. The maximum atomic E-state index is 14.1. The SMILES string of the molecule is CC(C)(C)OC(=O)NCCc1nc2cccc(C(F)F)c2c(=O)n1-c1cc(F)cc(C(F)F)c1. The van der Waals surface area contributed by atoms with Crippen LogP contribution in [0.25, 0.3) is 16.6 Å². The van der Waals surface area contributed by atoms with Crippen LogP contribution in [0.1, 0.15) is 50.6 Å². The summed E-state index contributed by atoms with van der Waals surface area (Å²) in [4.78, 5) is 29.5. The maximum absolute atomic E-state index is 14.1. The number of aromatic nitrogens is 2. The molecule has 0 saturated heterocycles. The lowest BCUT2D eigenvalue weighted by Crippen LogP contribution is -2.34. The van der Waals surface area contributed by atoms with E-state index >= 15 is 0 Å². The minimum Gasteiger partial charge on any atom is -0.444 e. The Morgan fingerprint density at radius 1 is 1.12 bits per heavy atom. The van der Waals surface area contributed by atoms with Crippen molar-refractivity contribution in [1.29, 1.82) is 0 Å². The zero-order valence-corrected chi connectivity index (χ0v) is 18.5. The third-order valence-corrected chi connectivity index (χ3v) is 4.67. The highest BCUT2D eigenvalue weighted by molar-refractivity contribution is 5.82. The van der Waals surface area contributed by atoms with Crippen molar-refractivity contribution >= 4 is 17.0 Å². The van der Waals surface area contributed by atoms with Gasteiger partial charge in [0.25, 0.3) is 18.4 Å². The number of carbonyl (C=O) groups excluding carboxylic acids is 1. The van der Waals surface area contributed by atoms with E-state index in [0.717, 1.165) is 22.8 Å². The average Bonchev–Trinajstić information content (AvgIpc) is 2.71. The summed E-state index contributed by atoms with van der Waals surface area (Å²) in [5, 5.41) is 2.06. The molecule has 0 spiro atoms. The molecule has 1 aromatic heterocycles. The number of ether oxygens (including phenoxy) is 1. The van der Waals surface area contributed by atoms with Gasteiger partial charge in [-0.1, -0.05) is 12.1 Å². The molecular formula is C23H22F5N3O3. The molecule has 0 aliphatic carbocycles. The lowest BCUT2D eigenvalue weighted by Gasteiger charge is -2.20. The van der Waals surface area contributed by atoms with Crippen LogP contribution in [0.5, 0.6) is 0 Å². The number of hydrogen-bond donors (Lipinski definition) is 1. The zero-order valence-electron chi connectivity index (χ0n) is 18.5. The van der Waals surface area contributed by atoms with Gasteiger partial charge >= 0.3 is 6.09 Å². The third kappa shape index (κ3) is 5.70. The quantitative estimate of drug-likeness (QED) is 0.472. The van der Waals surface area contributed by atoms with Gasteiger partial charge in [0.15, 0.2) is 0 Å². The highest BCUT2D eigenvalue weighted by Gasteiger charge is 2.22. The van der Waals surface area contributed by atoms with E-state index in [1.165, 1.54) is 12.1 Å². The minimum atomic E-state index is -3.03. The van der Waals surface area contributed by atoms with Crippen LogP contribution in [0.15, 0.2) is 41.2 Å². The molecule has 1 amide bonds. The van der Waals surface area contributed by atoms with Gasteiger partial charge in [0.05, 0.1) is 16.6 Å². The fourth-order valence-corrected chi connectivity index (χ4v) is 3.36. The first-order chi connectivity index (χ1) is 15.9. The molecule has 0 atom stereocenters. The maximum Gasteiger partial charge on any atom is 0.407 e. The van der Waals surface area contributed by atoms with Gasteiger partial charge in [-0.3, -0.25) is 9.36 Å². The summed E-state index contributed by atoms with van der Waals surface area (Å²) in [6.07, 6.45) is -6.89. The fourth-order valence-electron chi connectivity index (χ4n) is 3.36. The topological polar surface area (TPSA) is 73.2 Å². The molecule has 6 nitrogen and oxygen atoms in total. The van der Waals surface area contributed by atoms with Crippen LogP contribution in [0.3, 0.4) is 0 Å². The smallest absolute Gasteiger partial charge is 0.407 e. The van der Waals surface area contributed by atoms with Gasteiger partial charge in [0.1, 0.15) is 17.2 Å². The second kappa shape index (κ2) is 9.78. The first kappa shape index (κ1) is 25.1. The number of nitrogens with one attached hydrogen (secondary N) is 1. The molecule has 2 aromatic carbocycles. The minimum absolute atomic E-state index is 0.0446. The normalized spacial score (nSPS) is 11.9. The fraction of sp³-hybridized carbons (Fsp3) is 0.348. The Kier molecular flexibility index (Phi) is 7.23. The van der Waals surface area contributed by atoms with Gasteiger partial charge in [-0.25, -0.2) is 31.7 Å². The Morgan fingerprint density at radius 2 is 1.82 bits per heavy atom. The van der Waals surface area contributed by atoms with Crippen LogP contribution in [0, 0.1) is 5.82 Å². The zero-order chi connectivity index (χ0) is 25.2. The number of nitrogens with zero attached hydrogens (tertiary/aromatic N) is 2. The summed E-state index contributed by atoms with van der Waals surface area (Å²) in [6.45, 7) is 4.92. The molecule has 0 unspecified atom stereocenters. The van der Waals surface area contributed by atoms with Crippen LogP contribution in [-0.2, 0) is 11.2 Å². The number of halogens is 5. The van der Waals surface area contributed by atoms with Crippen molar-refractivity contribution in [2.24, 2.45) is 0 Å². The van der Waals surface area contributed by atoms with Gasteiger partial charge in [0, 0.05) is 24.1 Å². The Hall–Kier alpha value is -3.50. The summed E-state index contributed by atoms with van der Waals surface area (Å²) >= 11 is 0.